The van der Waals surface area contributed by atoms with Crippen LogP contribution in [0.2, 0.25) is 0 Å². The van der Waals surface area contributed by atoms with Crippen molar-refractivity contribution < 1.29 is 13.5 Å². The van der Waals surface area contributed by atoms with E-state index in [2.05, 4.69) is 4.98 Å². The fourth-order valence-electron chi connectivity index (χ4n) is 2.37. The topological polar surface area (TPSA) is 70.5 Å². The second-order valence-corrected chi connectivity index (χ2v) is 6.76. The van der Waals surface area contributed by atoms with E-state index in [1.165, 1.54) is 16.6 Å². The van der Waals surface area contributed by atoms with E-state index in [4.69, 9.17) is 5.11 Å². The first-order chi connectivity index (χ1) is 8.45. The van der Waals surface area contributed by atoms with Crippen LogP contribution in [0.15, 0.2) is 23.4 Å². The van der Waals surface area contributed by atoms with Crippen molar-refractivity contribution in [1.82, 2.24) is 9.29 Å². The Morgan fingerprint density at radius 2 is 2.17 bits per heavy atom. The molecular formula is C12H18N2O3S. The fourth-order valence-corrected chi connectivity index (χ4v) is 4.05. The van der Waals surface area contributed by atoms with Crippen LogP contribution in [-0.2, 0) is 16.6 Å². The third-order valence-corrected chi connectivity index (χ3v) is 5.18. The molecule has 100 valence electrons. The van der Waals surface area contributed by atoms with E-state index in [0.717, 1.165) is 6.42 Å². The molecule has 0 amide bonds. The number of aliphatic hydroxyl groups excluding tert-OH is 1. The van der Waals surface area contributed by atoms with Crippen molar-refractivity contribution in [1.29, 1.82) is 0 Å². The molecule has 0 aliphatic carbocycles. The normalized spacial score (nSPS) is 25.5. The fraction of sp³-hybridized carbons (Fsp3) is 0.583. The number of pyridine rings is 1. The van der Waals surface area contributed by atoms with Gasteiger partial charge in [-0.1, -0.05) is 13.0 Å². The summed E-state index contributed by atoms with van der Waals surface area (Å²) in [5.74, 6) is 0.381. The van der Waals surface area contributed by atoms with Crippen LogP contribution in [0.3, 0.4) is 0 Å². The molecule has 2 unspecified atom stereocenters. The number of hydrogen-bond acceptors (Lipinski definition) is 4. The van der Waals surface area contributed by atoms with Crippen LogP contribution in [0.25, 0.3) is 0 Å². The second-order valence-electron chi connectivity index (χ2n) is 4.93. The zero-order chi connectivity index (χ0) is 13.3. The number of hydrogen-bond donors (Lipinski definition) is 1. The monoisotopic (exact) mass is 270 g/mol. The third kappa shape index (κ3) is 2.41. The van der Waals surface area contributed by atoms with Crippen LogP contribution in [-0.4, -0.2) is 35.4 Å². The van der Waals surface area contributed by atoms with E-state index in [1.807, 2.05) is 13.8 Å². The van der Waals surface area contributed by atoms with Crippen LogP contribution < -0.4 is 0 Å². The van der Waals surface area contributed by atoms with Gasteiger partial charge in [0, 0.05) is 18.8 Å². The Balaban J connectivity index is 2.30. The summed E-state index contributed by atoms with van der Waals surface area (Å²) in [6.07, 6.45) is 2.28. The van der Waals surface area contributed by atoms with Crippen LogP contribution in [0.4, 0.5) is 0 Å². The Hall–Kier alpha value is -0.980. The molecule has 1 aliphatic rings. The standard InChI is InChI=1S/C12H18N2O3S/c1-9-5-10(2)14(7-9)18(16,17)12-4-3-11(8-15)6-13-12/h3-4,6,9-10,15H,5,7-8H2,1-2H3. The maximum Gasteiger partial charge on any atom is 0.260 e. The van der Waals surface area contributed by atoms with E-state index in [0.29, 0.717) is 18.0 Å². The first-order valence-corrected chi connectivity index (χ1v) is 7.46. The van der Waals surface area contributed by atoms with Crippen molar-refractivity contribution >= 4 is 10.0 Å². The summed E-state index contributed by atoms with van der Waals surface area (Å²) in [4.78, 5) is 3.94. The average molecular weight is 270 g/mol. The summed E-state index contributed by atoms with van der Waals surface area (Å²) >= 11 is 0. The quantitative estimate of drug-likeness (QED) is 0.889. The van der Waals surface area contributed by atoms with Gasteiger partial charge >= 0.3 is 0 Å². The summed E-state index contributed by atoms with van der Waals surface area (Å²) in [5, 5.41) is 8.98. The van der Waals surface area contributed by atoms with Gasteiger partial charge in [-0.15, -0.1) is 0 Å². The zero-order valence-corrected chi connectivity index (χ0v) is 11.4. The van der Waals surface area contributed by atoms with Gasteiger partial charge < -0.3 is 5.11 Å². The van der Waals surface area contributed by atoms with Gasteiger partial charge in [-0.2, -0.15) is 4.31 Å². The van der Waals surface area contributed by atoms with Gasteiger partial charge in [-0.25, -0.2) is 13.4 Å². The smallest absolute Gasteiger partial charge is 0.260 e. The van der Waals surface area contributed by atoms with E-state index >= 15 is 0 Å². The van der Waals surface area contributed by atoms with Crippen LogP contribution in [0.1, 0.15) is 25.8 Å². The van der Waals surface area contributed by atoms with E-state index in [1.54, 1.807) is 6.07 Å². The van der Waals surface area contributed by atoms with Gasteiger partial charge in [-0.3, -0.25) is 0 Å². The van der Waals surface area contributed by atoms with E-state index in [9.17, 15) is 8.42 Å². The molecule has 0 spiro atoms. The van der Waals surface area contributed by atoms with Crippen molar-refractivity contribution in [2.75, 3.05) is 6.54 Å². The summed E-state index contributed by atoms with van der Waals surface area (Å²) in [6, 6.07) is 3.06. The summed E-state index contributed by atoms with van der Waals surface area (Å²) in [7, 11) is -3.51. The number of rotatable bonds is 3. The molecule has 0 aromatic carbocycles. The summed E-state index contributed by atoms with van der Waals surface area (Å²) < 4.78 is 26.3. The summed E-state index contributed by atoms with van der Waals surface area (Å²) in [6.45, 7) is 4.38. The largest absolute Gasteiger partial charge is 0.392 e. The van der Waals surface area contributed by atoms with Crippen LogP contribution in [0, 0.1) is 5.92 Å². The number of sulfonamides is 1. The van der Waals surface area contributed by atoms with Gasteiger partial charge in [0.1, 0.15) is 0 Å². The van der Waals surface area contributed by atoms with Gasteiger partial charge in [-0.05, 0) is 30.9 Å². The van der Waals surface area contributed by atoms with Crippen LogP contribution in [0.5, 0.6) is 0 Å². The lowest BCUT2D eigenvalue weighted by Gasteiger charge is -2.20. The van der Waals surface area contributed by atoms with Gasteiger partial charge in [0.05, 0.1) is 6.61 Å². The van der Waals surface area contributed by atoms with Crippen LogP contribution >= 0.6 is 0 Å². The predicted octanol–water partition coefficient (Wildman–Crippen LogP) is 0.993. The molecule has 2 atom stereocenters. The highest BCUT2D eigenvalue weighted by molar-refractivity contribution is 7.89. The first-order valence-electron chi connectivity index (χ1n) is 6.02. The Morgan fingerprint density at radius 3 is 2.61 bits per heavy atom. The van der Waals surface area contributed by atoms with Crippen molar-refractivity contribution in [2.24, 2.45) is 5.92 Å². The lowest BCUT2D eigenvalue weighted by atomic mass is 10.1. The molecular weight excluding hydrogens is 252 g/mol. The van der Waals surface area contributed by atoms with Crippen molar-refractivity contribution in [2.45, 2.75) is 37.9 Å². The number of aromatic nitrogens is 1. The third-order valence-electron chi connectivity index (χ3n) is 3.28. The van der Waals surface area contributed by atoms with Gasteiger partial charge in [0.15, 0.2) is 5.03 Å². The van der Waals surface area contributed by atoms with E-state index in [-0.39, 0.29) is 17.7 Å². The van der Waals surface area contributed by atoms with Crippen molar-refractivity contribution in [3.63, 3.8) is 0 Å². The minimum absolute atomic E-state index is 0.0179. The average Bonchev–Trinajstić information content (AvgIpc) is 2.69. The molecule has 0 radical (unpaired) electrons. The highest BCUT2D eigenvalue weighted by atomic mass is 32.2. The maximum absolute atomic E-state index is 12.4. The van der Waals surface area contributed by atoms with Crippen molar-refractivity contribution in [3.8, 4) is 0 Å². The van der Waals surface area contributed by atoms with Gasteiger partial charge in [0.2, 0.25) is 0 Å². The Morgan fingerprint density at radius 1 is 1.44 bits per heavy atom. The molecule has 1 aromatic heterocycles. The molecule has 2 rings (SSSR count). The molecule has 1 aromatic rings. The molecule has 1 saturated heterocycles. The molecule has 1 fully saturated rings. The Kier molecular flexibility index (Phi) is 3.70. The maximum atomic E-state index is 12.4. The highest BCUT2D eigenvalue weighted by Crippen LogP contribution is 2.28. The van der Waals surface area contributed by atoms with Gasteiger partial charge in [0.25, 0.3) is 10.0 Å². The molecule has 1 N–H and O–H groups in total. The molecule has 2 heterocycles. The Labute approximate surface area is 108 Å². The minimum Gasteiger partial charge on any atom is -0.392 e. The lowest BCUT2D eigenvalue weighted by molar-refractivity contribution is 0.281. The second kappa shape index (κ2) is 4.95. The predicted molar refractivity (Wildman–Crippen MR) is 67.3 cm³/mol. The molecule has 5 nitrogen and oxygen atoms in total. The summed E-state index contributed by atoms with van der Waals surface area (Å²) in [5.41, 5.74) is 0.608. The highest BCUT2D eigenvalue weighted by Gasteiger charge is 2.36. The van der Waals surface area contributed by atoms with Crippen molar-refractivity contribution in [3.05, 3.63) is 23.9 Å². The molecule has 6 heteroatoms. The first kappa shape index (κ1) is 13.5. The van der Waals surface area contributed by atoms with E-state index < -0.39 is 10.0 Å². The zero-order valence-electron chi connectivity index (χ0n) is 10.6. The molecule has 1 aliphatic heterocycles. The number of aliphatic hydroxyl groups is 1. The molecule has 0 bridgehead atoms. The SMILES string of the molecule is CC1CC(C)N(S(=O)(=O)c2ccc(CO)cn2)C1. The lowest BCUT2D eigenvalue weighted by Crippen LogP contribution is -2.34. The number of nitrogens with zero attached hydrogens (tertiary/aromatic N) is 2. The molecule has 0 saturated carbocycles. The Bertz CT molecular complexity index is 513. The minimum atomic E-state index is -3.51. The molecule has 18 heavy (non-hydrogen) atoms.